The van der Waals surface area contributed by atoms with Crippen molar-refractivity contribution >= 4 is 21.7 Å². The van der Waals surface area contributed by atoms with Gasteiger partial charge in [0.2, 0.25) is 10.0 Å². The minimum absolute atomic E-state index is 0.137. The first-order valence-corrected chi connectivity index (χ1v) is 7.98. The lowest BCUT2D eigenvalue weighted by molar-refractivity contribution is -0.139. The fourth-order valence-corrected chi connectivity index (χ4v) is 2.58. The van der Waals surface area contributed by atoms with E-state index in [1.807, 2.05) is 13.0 Å². The predicted molar refractivity (Wildman–Crippen MR) is 81.2 cm³/mol. The Labute approximate surface area is 124 Å². The molecule has 0 bridgehead atoms. The maximum atomic E-state index is 11.9. The zero-order chi connectivity index (χ0) is 15.9. The van der Waals surface area contributed by atoms with Crippen molar-refractivity contribution in [3.8, 4) is 11.8 Å². The summed E-state index contributed by atoms with van der Waals surface area (Å²) in [5.41, 5.74) is 7.14. The summed E-state index contributed by atoms with van der Waals surface area (Å²) >= 11 is 0. The smallest absolute Gasteiger partial charge is 0.323 e. The number of carbonyl (C=O) groups excluding carboxylic acids is 1. The Morgan fingerprint density at radius 1 is 1.38 bits per heavy atom. The van der Waals surface area contributed by atoms with Crippen molar-refractivity contribution in [2.75, 3.05) is 23.6 Å². The molecule has 7 heteroatoms. The molecule has 0 heterocycles. The topological polar surface area (TPSA) is 98.5 Å². The molecule has 21 heavy (non-hydrogen) atoms. The third-order valence-electron chi connectivity index (χ3n) is 2.30. The van der Waals surface area contributed by atoms with Crippen LogP contribution < -0.4 is 10.5 Å². The van der Waals surface area contributed by atoms with E-state index in [1.54, 1.807) is 19.1 Å². The molecule has 0 aromatic heterocycles. The number of hydrogen-bond donors (Lipinski definition) is 2. The zero-order valence-corrected chi connectivity index (χ0v) is 12.8. The number of benzene rings is 1. The van der Waals surface area contributed by atoms with Crippen molar-refractivity contribution in [1.82, 2.24) is 0 Å². The van der Waals surface area contributed by atoms with E-state index in [9.17, 15) is 13.2 Å². The molecule has 1 rings (SSSR count). The summed E-state index contributed by atoms with van der Waals surface area (Å²) in [7, 11) is -3.81. The van der Waals surface area contributed by atoms with Crippen LogP contribution in [0.1, 0.15) is 18.1 Å². The maximum Gasteiger partial charge on any atom is 0.323 e. The highest BCUT2D eigenvalue weighted by atomic mass is 32.2. The van der Waals surface area contributed by atoms with E-state index in [2.05, 4.69) is 21.3 Å². The minimum atomic E-state index is -3.81. The molecule has 0 fully saturated rings. The summed E-state index contributed by atoms with van der Waals surface area (Å²) in [5, 5.41) is 0. The molecule has 0 saturated carbocycles. The van der Waals surface area contributed by atoms with Gasteiger partial charge in [0, 0.05) is 11.3 Å². The van der Waals surface area contributed by atoms with Gasteiger partial charge in [-0.05, 0) is 37.6 Å². The summed E-state index contributed by atoms with van der Waals surface area (Å²) in [6, 6.07) is 5.04. The molecular formula is C14H18N2O4S. The van der Waals surface area contributed by atoms with Gasteiger partial charge in [0.25, 0.3) is 0 Å². The summed E-state index contributed by atoms with van der Waals surface area (Å²) in [5.74, 6) is 4.01. The Morgan fingerprint density at radius 2 is 2.10 bits per heavy atom. The average molecular weight is 310 g/mol. The molecule has 0 saturated heterocycles. The number of carbonyl (C=O) groups is 1. The van der Waals surface area contributed by atoms with Gasteiger partial charge in [0.1, 0.15) is 0 Å². The Hall–Kier alpha value is -2.04. The van der Waals surface area contributed by atoms with Crippen LogP contribution in [0.25, 0.3) is 0 Å². The number of rotatable bonds is 5. The molecule has 0 spiro atoms. The number of aryl methyl sites for hydroxylation is 1. The Morgan fingerprint density at radius 3 is 2.71 bits per heavy atom. The van der Waals surface area contributed by atoms with Crippen molar-refractivity contribution in [3.63, 3.8) is 0 Å². The number of ether oxygens (including phenoxy) is 1. The average Bonchev–Trinajstić information content (AvgIpc) is 2.34. The molecule has 3 N–H and O–H groups in total. The lowest BCUT2D eigenvalue weighted by Crippen LogP contribution is -2.24. The fraction of sp³-hybridized carbons (Fsp3) is 0.357. The predicted octanol–water partition coefficient (Wildman–Crippen LogP) is 0.610. The van der Waals surface area contributed by atoms with Gasteiger partial charge in [0.05, 0.1) is 13.2 Å². The molecule has 0 aliphatic rings. The van der Waals surface area contributed by atoms with Crippen molar-refractivity contribution in [2.24, 2.45) is 5.73 Å². The Kier molecular flexibility index (Phi) is 6.21. The van der Waals surface area contributed by atoms with Gasteiger partial charge < -0.3 is 10.5 Å². The summed E-state index contributed by atoms with van der Waals surface area (Å²) < 4.78 is 30.7. The van der Waals surface area contributed by atoms with Gasteiger partial charge in [-0.1, -0.05) is 11.8 Å². The van der Waals surface area contributed by atoms with Crippen LogP contribution in [-0.2, 0) is 19.6 Å². The van der Waals surface area contributed by atoms with Crippen LogP contribution in [0.5, 0.6) is 0 Å². The largest absolute Gasteiger partial charge is 0.465 e. The number of anilines is 1. The van der Waals surface area contributed by atoms with Gasteiger partial charge in [-0.3, -0.25) is 9.52 Å². The van der Waals surface area contributed by atoms with Crippen LogP contribution >= 0.6 is 0 Å². The normalized spacial score (nSPS) is 10.4. The second-order valence-corrected chi connectivity index (χ2v) is 5.98. The quantitative estimate of drug-likeness (QED) is 0.613. The lowest BCUT2D eigenvalue weighted by Gasteiger charge is -2.09. The molecule has 0 aliphatic heterocycles. The highest BCUT2D eigenvalue weighted by molar-refractivity contribution is 7.93. The lowest BCUT2D eigenvalue weighted by atomic mass is 10.1. The van der Waals surface area contributed by atoms with Crippen molar-refractivity contribution < 1.29 is 17.9 Å². The second-order valence-electron chi connectivity index (χ2n) is 4.26. The van der Waals surface area contributed by atoms with Crippen LogP contribution in [0.15, 0.2) is 18.2 Å². The summed E-state index contributed by atoms with van der Waals surface area (Å²) in [6.45, 7) is 3.78. The first-order chi connectivity index (χ1) is 9.86. The van der Waals surface area contributed by atoms with E-state index in [1.165, 1.54) is 0 Å². The first kappa shape index (κ1) is 17.0. The van der Waals surface area contributed by atoms with E-state index in [-0.39, 0.29) is 13.2 Å². The van der Waals surface area contributed by atoms with Crippen LogP contribution in [0.4, 0.5) is 5.69 Å². The molecular weight excluding hydrogens is 292 g/mol. The van der Waals surface area contributed by atoms with Crippen molar-refractivity contribution in [3.05, 3.63) is 29.3 Å². The van der Waals surface area contributed by atoms with E-state index in [4.69, 9.17) is 5.73 Å². The van der Waals surface area contributed by atoms with E-state index in [0.717, 1.165) is 5.56 Å². The molecule has 1 aromatic carbocycles. The van der Waals surface area contributed by atoms with Crippen LogP contribution in [0.3, 0.4) is 0 Å². The maximum absolute atomic E-state index is 11.9. The standard InChI is InChI=1S/C14H18N2O4S/c1-3-20-14(17)10-21(18,19)16-13-8-11(2)7-12(9-13)5-4-6-15/h7-9,16H,3,6,10,15H2,1-2H3. The van der Waals surface area contributed by atoms with Crippen molar-refractivity contribution in [2.45, 2.75) is 13.8 Å². The fourth-order valence-electron chi connectivity index (χ4n) is 1.64. The van der Waals surface area contributed by atoms with E-state index < -0.39 is 21.7 Å². The Bertz CT molecular complexity index is 672. The number of esters is 1. The van der Waals surface area contributed by atoms with Gasteiger partial charge in [0.15, 0.2) is 5.75 Å². The Balaban J connectivity index is 2.91. The van der Waals surface area contributed by atoms with E-state index in [0.29, 0.717) is 11.3 Å². The molecule has 0 amide bonds. The molecule has 1 aromatic rings. The van der Waals surface area contributed by atoms with Crippen LogP contribution in [-0.4, -0.2) is 33.3 Å². The summed E-state index contributed by atoms with van der Waals surface area (Å²) in [6.07, 6.45) is 0. The second kappa shape index (κ2) is 7.67. The van der Waals surface area contributed by atoms with Gasteiger partial charge in [-0.25, -0.2) is 8.42 Å². The molecule has 0 unspecified atom stereocenters. The van der Waals surface area contributed by atoms with E-state index >= 15 is 0 Å². The number of sulfonamides is 1. The highest BCUT2D eigenvalue weighted by Gasteiger charge is 2.17. The number of nitrogens with one attached hydrogen (secondary N) is 1. The first-order valence-electron chi connectivity index (χ1n) is 6.33. The molecule has 0 aliphatic carbocycles. The van der Waals surface area contributed by atoms with Crippen molar-refractivity contribution in [1.29, 1.82) is 0 Å². The SMILES string of the molecule is CCOC(=O)CS(=O)(=O)Nc1cc(C)cc(C#CCN)c1. The minimum Gasteiger partial charge on any atom is -0.465 e. The zero-order valence-electron chi connectivity index (χ0n) is 12.0. The molecule has 0 radical (unpaired) electrons. The molecule has 114 valence electrons. The van der Waals surface area contributed by atoms with Gasteiger partial charge in [-0.15, -0.1) is 0 Å². The van der Waals surface area contributed by atoms with Gasteiger partial charge >= 0.3 is 5.97 Å². The highest BCUT2D eigenvalue weighted by Crippen LogP contribution is 2.15. The third kappa shape index (κ3) is 6.29. The third-order valence-corrected chi connectivity index (χ3v) is 3.46. The van der Waals surface area contributed by atoms with Crippen LogP contribution in [0, 0.1) is 18.8 Å². The molecule has 6 nitrogen and oxygen atoms in total. The number of hydrogen-bond acceptors (Lipinski definition) is 5. The van der Waals surface area contributed by atoms with Gasteiger partial charge in [-0.2, -0.15) is 0 Å². The number of nitrogens with two attached hydrogens (primary N) is 1. The monoisotopic (exact) mass is 310 g/mol. The molecule has 0 atom stereocenters. The van der Waals surface area contributed by atoms with Crippen LogP contribution in [0.2, 0.25) is 0 Å². The summed E-state index contributed by atoms with van der Waals surface area (Å²) in [4.78, 5) is 11.2.